The highest BCUT2D eigenvalue weighted by Crippen LogP contribution is 2.27. The van der Waals surface area contributed by atoms with Gasteiger partial charge in [0.2, 0.25) is 5.91 Å². The van der Waals surface area contributed by atoms with E-state index in [1.165, 1.54) is 6.07 Å². The van der Waals surface area contributed by atoms with E-state index in [-0.39, 0.29) is 23.8 Å². The van der Waals surface area contributed by atoms with Crippen molar-refractivity contribution in [2.24, 2.45) is 0 Å². The Hall–Kier alpha value is -3.49. The average Bonchev–Trinajstić information content (AvgIpc) is 3.65. The van der Waals surface area contributed by atoms with Crippen LogP contribution < -0.4 is 4.90 Å². The van der Waals surface area contributed by atoms with Gasteiger partial charge in [-0.1, -0.05) is 18.2 Å². The molecule has 0 atom stereocenters. The van der Waals surface area contributed by atoms with Gasteiger partial charge in [0.1, 0.15) is 0 Å². The largest absolute Gasteiger partial charge is 0.478 e. The molecule has 2 aromatic rings. The van der Waals surface area contributed by atoms with Crippen LogP contribution >= 0.6 is 0 Å². The average molecular weight is 438 g/mol. The molecule has 2 amide bonds. The summed E-state index contributed by atoms with van der Waals surface area (Å²) in [5, 5.41) is 17.7. The molecule has 0 spiro atoms. The number of piperazine rings is 1. The molecular weight excluding hydrogens is 410 g/mol. The number of aromatic carboxylic acids is 1. The summed E-state index contributed by atoms with van der Waals surface area (Å²) in [6, 6.07) is 10.4. The summed E-state index contributed by atoms with van der Waals surface area (Å²) in [6.45, 7) is 4.86. The van der Waals surface area contributed by atoms with E-state index in [1.54, 1.807) is 29.2 Å². The molecule has 1 N–H and O–H groups in total. The van der Waals surface area contributed by atoms with E-state index in [2.05, 4.69) is 10.2 Å². The van der Waals surface area contributed by atoms with Gasteiger partial charge in [-0.3, -0.25) is 9.59 Å². The molecule has 1 aliphatic carbocycles. The van der Waals surface area contributed by atoms with Crippen LogP contribution in [0.3, 0.4) is 0 Å². The number of rotatable bonds is 7. The first-order valence-corrected chi connectivity index (χ1v) is 11.0. The minimum atomic E-state index is -1.03. The van der Waals surface area contributed by atoms with E-state index >= 15 is 0 Å². The highest BCUT2D eigenvalue weighted by molar-refractivity contribution is 5.93. The number of hydrogen-bond acceptors (Lipinski definition) is 6. The molecule has 1 saturated heterocycles. The number of carboxylic acid groups (broad SMARTS) is 1. The Balaban J connectivity index is 1.33. The molecule has 0 bridgehead atoms. The van der Waals surface area contributed by atoms with Gasteiger partial charge in [-0.2, -0.15) is 0 Å². The van der Waals surface area contributed by atoms with Crippen molar-refractivity contribution < 1.29 is 19.5 Å². The van der Waals surface area contributed by atoms with E-state index in [0.29, 0.717) is 55.8 Å². The van der Waals surface area contributed by atoms with Gasteiger partial charge in [-0.25, -0.2) is 4.79 Å². The monoisotopic (exact) mass is 437 g/mol. The summed E-state index contributed by atoms with van der Waals surface area (Å²) in [7, 11) is 0. The van der Waals surface area contributed by atoms with Gasteiger partial charge in [0.15, 0.2) is 11.5 Å². The second-order valence-corrected chi connectivity index (χ2v) is 8.11. The molecule has 2 aliphatic rings. The Kier molecular flexibility index (Phi) is 6.34. The van der Waals surface area contributed by atoms with Crippen LogP contribution in [-0.2, 0) is 11.2 Å². The SMILES string of the molecule is CCN(C(=O)c1ccc(N2CCN(C(=O)Cc3ccccc3C(=O)O)CC2)nn1)C1CC1. The third-order valence-electron chi connectivity index (χ3n) is 6.00. The molecule has 32 heavy (non-hydrogen) atoms. The van der Waals surface area contributed by atoms with Gasteiger partial charge < -0.3 is 19.8 Å². The fourth-order valence-electron chi connectivity index (χ4n) is 4.05. The van der Waals surface area contributed by atoms with E-state index in [4.69, 9.17) is 0 Å². The van der Waals surface area contributed by atoms with Crippen LogP contribution in [0.25, 0.3) is 0 Å². The van der Waals surface area contributed by atoms with Gasteiger partial charge >= 0.3 is 5.97 Å². The molecule has 0 unspecified atom stereocenters. The first-order valence-electron chi connectivity index (χ1n) is 11.0. The summed E-state index contributed by atoms with van der Waals surface area (Å²) < 4.78 is 0. The van der Waals surface area contributed by atoms with E-state index in [9.17, 15) is 19.5 Å². The maximum atomic E-state index is 12.7. The predicted octanol–water partition coefficient (Wildman–Crippen LogP) is 1.69. The first-order chi connectivity index (χ1) is 15.5. The summed E-state index contributed by atoms with van der Waals surface area (Å²) in [5.74, 6) is -0.520. The molecule has 1 aromatic carbocycles. The van der Waals surface area contributed by atoms with E-state index in [0.717, 1.165) is 12.8 Å². The van der Waals surface area contributed by atoms with Crippen molar-refractivity contribution in [3.8, 4) is 0 Å². The van der Waals surface area contributed by atoms with Crippen molar-refractivity contribution in [1.29, 1.82) is 0 Å². The molecule has 2 heterocycles. The van der Waals surface area contributed by atoms with Gasteiger partial charge in [0.05, 0.1) is 12.0 Å². The lowest BCUT2D eigenvalue weighted by atomic mass is 10.0. The van der Waals surface area contributed by atoms with Gasteiger partial charge in [0.25, 0.3) is 5.91 Å². The maximum Gasteiger partial charge on any atom is 0.335 e. The fourth-order valence-corrected chi connectivity index (χ4v) is 4.05. The summed E-state index contributed by atoms with van der Waals surface area (Å²) >= 11 is 0. The third-order valence-corrected chi connectivity index (χ3v) is 6.00. The molecule has 1 saturated carbocycles. The molecular formula is C23H27N5O4. The van der Waals surface area contributed by atoms with Crippen LogP contribution in [-0.4, -0.2) is 81.7 Å². The van der Waals surface area contributed by atoms with E-state index < -0.39 is 5.97 Å². The standard InChI is InChI=1S/C23H27N5O4/c1-2-28(17-7-8-17)22(30)19-9-10-20(25-24-19)26-11-13-27(14-12-26)21(29)15-16-5-3-4-6-18(16)23(31)32/h3-6,9-10,17H,2,7-8,11-15H2,1H3,(H,31,32). The molecule has 0 radical (unpaired) electrons. The number of carbonyl (C=O) groups is 3. The predicted molar refractivity (Wildman–Crippen MR) is 118 cm³/mol. The molecule has 9 nitrogen and oxygen atoms in total. The summed E-state index contributed by atoms with van der Waals surface area (Å²) in [5.41, 5.74) is 1.03. The number of carboxylic acids is 1. The Morgan fingerprint density at radius 1 is 1.03 bits per heavy atom. The van der Waals surface area contributed by atoms with Crippen LogP contribution in [0.15, 0.2) is 36.4 Å². The zero-order valence-electron chi connectivity index (χ0n) is 18.1. The molecule has 168 valence electrons. The van der Waals surface area contributed by atoms with Crippen molar-refractivity contribution in [3.63, 3.8) is 0 Å². The number of nitrogens with zero attached hydrogens (tertiary/aromatic N) is 5. The van der Waals surface area contributed by atoms with Crippen LogP contribution in [0, 0.1) is 0 Å². The zero-order chi connectivity index (χ0) is 22.7. The topological polar surface area (TPSA) is 107 Å². The summed E-state index contributed by atoms with van der Waals surface area (Å²) in [6.07, 6.45) is 2.17. The van der Waals surface area contributed by atoms with Crippen molar-refractivity contribution in [1.82, 2.24) is 20.0 Å². The third kappa shape index (κ3) is 4.71. The van der Waals surface area contributed by atoms with Gasteiger partial charge in [-0.05, 0) is 43.5 Å². The minimum absolute atomic E-state index is 0.0635. The normalized spacial score (nSPS) is 16.0. The molecule has 9 heteroatoms. The molecule has 1 aromatic heterocycles. The van der Waals surface area contributed by atoms with Gasteiger partial charge in [-0.15, -0.1) is 10.2 Å². The number of anilines is 1. The van der Waals surface area contributed by atoms with E-state index in [1.807, 2.05) is 22.8 Å². The lowest BCUT2D eigenvalue weighted by Gasteiger charge is -2.35. The minimum Gasteiger partial charge on any atom is -0.478 e. The molecule has 4 rings (SSSR count). The Morgan fingerprint density at radius 3 is 2.34 bits per heavy atom. The Morgan fingerprint density at radius 2 is 1.75 bits per heavy atom. The lowest BCUT2D eigenvalue weighted by molar-refractivity contribution is -0.130. The van der Waals surface area contributed by atoms with Crippen LogP contribution in [0.2, 0.25) is 0 Å². The summed E-state index contributed by atoms with van der Waals surface area (Å²) in [4.78, 5) is 42.3. The van der Waals surface area contributed by atoms with Crippen molar-refractivity contribution in [2.75, 3.05) is 37.6 Å². The number of benzene rings is 1. The quantitative estimate of drug-likeness (QED) is 0.702. The second kappa shape index (κ2) is 9.33. The number of aromatic nitrogens is 2. The van der Waals surface area contributed by atoms with Gasteiger partial charge in [0, 0.05) is 38.8 Å². The maximum absolute atomic E-state index is 12.7. The number of amides is 2. The van der Waals surface area contributed by atoms with Crippen LogP contribution in [0.4, 0.5) is 5.82 Å². The second-order valence-electron chi connectivity index (χ2n) is 8.11. The Labute approximate surface area is 186 Å². The smallest absolute Gasteiger partial charge is 0.335 e. The lowest BCUT2D eigenvalue weighted by Crippen LogP contribution is -2.49. The number of carbonyl (C=O) groups excluding carboxylic acids is 2. The van der Waals surface area contributed by atoms with Crippen molar-refractivity contribution in [3.05, 3.63) is 53.2 Å². The zero-order valence-corrected chi connectivity index (χ0v) is 18.1. The van der Waals surface area contributed by atoms with Crippen LogP contribution in [0.1, 0.15) is 46.2 Å². The number of hydrogen-bond donors (Lipinski definition) is 1. The fraction of sp³-hybridized carbons (Fsp3) is 0.435. The molecule has 2 fully saturated rings. The van der Waals surface area contributed by atoms with Crippen molar-refractivity contribution >= 4 is 23.6 Å². The highest BCUT2D eigenvalue weighted by Gasteiger charge is 2.32. The molecule has 1 aliphatic heterocycles. The van der Waals surface area contributed by atoms with Crippen molar-refractivity contribution in [2.45, 2.75) is 32.2 Å². The highest BCUT2D eigenvalue weighted by atomic mass is 16.4. The van der Waals surface area contributed by atoms with Crippen LogP contribution in [0.5, 0.6) is 0 Å². The first kappa shape index (κ1) is 21.7. The Bertz CT molecular complexity index is 998.